The van der Waals surface area contributed by atoms with Gasteiger partial charge in [-0.15, -0.1) is 11.3 Å². The second-order valence-electron chi connectivity index (χ2n) is 6.08. The molecule has 3 aromatic rings. The van der Waals surface area contributed by atoms with E-state index in [2.05, 4.69) is 15.5 Å². The van der Waals surface area contributed by atoms with Crippen LogP contribution >= 0.6 is 11.3 Å². The Kier molecular flexibility index (Phi) is 4.29. The normalized spacial score (nSPS) is 13.4. The minimum Gasteiger partial charge on any atom is -0.338 e. The van der Waals surface area contributed by atoms with Crippen molar-refractivity contribution in [2.45, 2.75) is 32.2 Å². The van der Waals surface area contributed by atoms with E-state index in [1.165, 1.54) is 11.3 Å². The van der Waals surface area contributed by atoms with E-state index in [1.807, 2.05) is 17.5 Å². The van der Waals surface area contributed by atoms with E-state index in [0.717, 1.165) is 52.6 Å². The molecule has 8 nitrogen and oxygen atoms in total. The molecule has 0 aromatic carbocycles. The summed E-state index contributed by atoms with van der Waals surface area (Å²) >= 11 is 1.43. The number of carbonyl (C=O) groups excluding carboxylic acids is 1. The van der Waals surface area contributed by atoms with Gasteiger partial charge < -0.3 is 9.51 Å². The van der Waals surface area contributed by atoms with Gasteiger partial charge in [-0.3, -0.25) is 19.5 Å². The topological polar surface area (TPSA) is 110 Å². The number of hydrogen-bond acceptors (Lipinski definition) is 6. The number of carbonyl (C=O) groups is 1. The number of fused-ring (bicyclic) bond motifs is 1. The first-order valence-electron chi connectivity index (χ1n) is 8.27. The second-order valence-corrected chi connectivity index (χ2v) is 7.11. The summed E-state index contributed by atoms with van der Waals surface area (Å²) in [7, 11) is 0. The van der Waals surface area contributed by atoms with E-state index >= 15 is 0 Å². The van der Waals surface area contributed by atoms with E-state index in [0.29, 0.717) is 0 Å². The number of rotatable bonds is 4. The first-order chi connectivity index (χ1) is 12.6. The summed E-state index contributed by atoms with van der Waals surface area (Å²) in [6, 6.07) is 3.66. The van der Waals surface area contributed by atoms with Crippen LogP contribution in [0.4, 0.5) is 5.88 Å². The van der Waals surface area contributed by atoms with Crippen LogP contribution in [0.5, 0.6) is 0 Å². The SMILES string of the molecule is O=C(Nc1onc2c1CCCC2)c1c[nH]c(=O)n(Cc2cccs2)c1=O. The third-order valence-electron chi connectivity index (χ3n) is 4.39. The van der Waals surface area contributed by atoms with Crippen molar-refractivity contribution in [3.8, 4) is 0 Å². The molecule has 0 fully saturated rings. The molecule has 2 N–H and O–H groups in total. The molecule has 0 aliphatic heterocycles. The molecule has 0 unspecified atom stereocenters. The number of nitrogens with one attached hydrogen (secondary N) is 2. The van der Waals surface area contributed by atoms with Gasteiger partial charge in [-0.05, 0) is 37.1 Å². The summed E-state index contributed by atoms with van der Waals surface area (Å²) in [5.74, 6) is -0.351. The van der Waals surface area contributed by atoms with E-state index in [1.54, 1.807) is 0 Å². The predicted molar refractivity (Wildman–Crippen MR) is 95.8 cm³/mol. The van der Waals surface area contributed by atoms with Crippen molar-refractivity contribution in [3.05, 3.63) is 66.2 Å². The summed E-state index contributed by atoms with van der Waals surface area (Å²) in [4.78, 5) is 40.5. The lowest BCUT2D eigenvalue weighted by Crippen LogP contribution is -2.39. The van der Waals surface area contributed by atoms with E-state index in [4.69, 9.17) is 4.52 Å². The second kappa shape index (κ2) is 6.75. The molecular weight excluding hydrogens is 356 g/mol. The molecule has 0 spiro atoms. The largest absolute Gasteiger partial charge is 0.338 e. The average Bonchev–Trinajstić information content (AvgIpc) is 3.29. The van der Waals surface area contributed by atoms with Gasteiger partial charge in [-0.25, -0.2) is 4.79 Å². The number of nitrogens with zero attached hydrogens (tertiary/aromatic N) is 2. The van der Waals surface area contributed by atoms with Crippen molar-refractivity contribution < 1.29 is 9.32 Å². The molecule has 9 heteroatoms. The minimum atomic E-state index is -0.645. The molecule has 0 saturated carbocycles. The highest BCUT2D eigenvalue weighted by Gasteiger charge is 2.23. The van der Waals surface area contributed by atoms with Crippen LogP contribution < -0.4 is 16.6 Å². The van der Waals surface area contributed by atoms with Crippen molar-refractivity contribution >= 4 is 23.1 Å². The van der Waals surface area contributed by atoms with Crippen molar-refractivity contribution in [1.29, 1.82) is 0 Å². The fraction of sp³-hybridized carbons (Fsp3) is 0.294. The van der Waals surface area contributed by atoms with Gasteiger partial charge >= 0.3 is 5.69 Å². The fourth-order valence-electron chi connectivity index (χ4n) is 3.04. The maximum absolute atomic E-state index is 12.6. The fourth-order valence-corrected chi connectivity index (χ4v) is 3.73. The van der Waals surface area contributed by atoms with E-state index in [9.17, 15) is 14.4 Å². The standard InChI is InChI=1S/C17H16N4O4S/c22-14(19-15-11-5-1-2-6-13(11)20-25-15)12-8-18-17(24)21(16(12)23)9-10-4-3-7-26-10/h3-4,7-8H,1-2,5-6,9H2,(H,18,24)(H,19,22). The predicted octanol–water partition coefficient (Wildman–Crippen LogP) is 1.77. The smallest absolute Gasteiger partial charge is 0.328 e. The third-order valence-corrected chi connectivity index (χ3v) is 5.25. The molecule has 1 amide bonds. The minimum absolute atomic E-state index is 0.116. The highest BCUT2D eigenvalue weighted by molar-refractivity contribution is 7.09. The van der Waals surface area contributed by atoms with Crippen LogP contribution in [0.2, 0.25) is 0 Å². The Bertz CT molecular complexity index is 1060. The van der Waals surface area contributed by atoms with Crippen molar-refractivity contribution in [1.82, 2.24) is 14.7 Å². The number of aryl methyl sites for hydroxylation is 1. The van der Waals surface area contributed by atoms with Crippen molar-refractivity contribution in [2.24, 2.45) is 0 Å². The van der Waals surface area contributed by atoms with Gasteiger partial charge in [0.1, 0.15) is 5.56 Å². The molecule has 0 atom stereocenters. The zero-order valence-corrected chi connectivity index (χ0v) is 14.6. The number of anilines is 1. The summed E-state index contributed by atoms with van der Waals surface area (Å²) in [5, 5.41) is 8.45. The Morgan fingerprint density at radius 1 is 1.35 bits per heavy atom. The molecular formula is C17H16N4O4S. The zero-order valence-electron chi connectivity index (χ0n) is 13.8. The van der Waals surface area contributed by atoms with Gasteiger partial charge in [0, 0.05) is 16.6 Å². The maximum Gasteiger partial charge on any atom is 0.328 e. The van der Waals surface area contributed by atoms with Crippen LogP contribution in [-0.4, -0.2) is 20.6 Å². The summed E-state index contributed by atoms with van der Waals surface area (Å²) < 4.78 is 6.24. The Morgan fingerprint density at radius 3 is 3.00 bits per heavy atom. The van der Waals surface area contributed by atoms with Crippen LogP contribution in [0.1, 0.15) is 39.3 Å². The van der Waals surface area contributed by atoms with Crippen LogP contribution in [0, 0.1) is 0 Å². The average molecular weight is 372 g/mol. The first kappa shape index (κ1) is 16.5. The quantitative estimate of drug-likeness (QED) is 0.725. The van der Waals surface area contributed by atoms with Gasteiger partial charge in [-0.2, -0.15) is 0 Å². The summed E-state index contributed by atoms with van der Waals surface area (Å²) in [5.41, 5.74) is 0.378. The lowest BCUT2D eigenvalue weighted by Gasteiger charge is -2.10. The van der Waals surface area contributed by atoms with Crippen molar-refractivity contribution in [3.63, 3.8) is 0 Å². The van der Waals surface area contributed by atoms with Gasteiger partial charge in [0.25, 0.3) is 11.5 Å². The highest BCUT2D eigenvalue weighted by atomic mass is 32.1. The molecule has 3 aromatic heterocycles. The van der Waals surface area contributed by atoms with Crippen molar-refractivity contribution in [2.75, 3.05) is 5.32 Å². The number of amides is 1. The van der Waals surface area contributed by atoms with Gasteiger partial charge in [0.05, 0.1) is 12.2 Å². The first-order valence-corrected chi connectivity index (χ1v) is 9.15. The molecule has 134 valence electrons. The lowest BCUT2D eigenvalue weighted by molar-refractivity contribution is 0.102. The molecule has 0 bridgehead atoms. The Labute approximate surface area is 151 Å². The van der Waals surface area contributed by atoms with Crippen LogP contribution in [-0.2, 0) is 19.4 Å². The molecule has 1 aliphatic rings. The number of thiophene rings is 1. The number of aromatic amines is 1. The van der Waals surface area contributed by atoms with Crippen LogP contribution in [0.3, 0.4) is 0 Å². The Balaban J connectivity index is 1.63. The highest BCUT2D eigenvalue weighted by Crippen LogP contribution is 2.27. The molecule has 0 saturated heterocycles. The third kappa shape index (κ3) is 3.01. The molecule has 4 rings (SSSR count). The van der Waals surface area contributed by atoms with Crippen LogP contribution in [0.15, 0.2) is 37.8 Å². The maximum atomic E-state index is 12.6. The van der Waals surface area contributed by atoms with E-state index in [-0.39, 0.29) is 18.0 Å². The molecule has 26 heavy (non-hydrogen) atoms. The number of H-pyrrole nitrogens is 1. The van der Waals surface area contributed by atoms with Gasteiger partial charge in [0.15, 0.2) is 0 Å². The summed E-state index contributed by atoms with van der Waals surface area (Å²) in [6.45, 7) is 0.116. The lowest BCUT2D eigenvalue weighted by atomic mass is 9.98. The molecule has 1 aliphatic carbocycles. The monoisotopic (exact) mass is 372 g/mol. The molecule has 0 radical (unpaired) electrons. The Hall–Kier alpha value is -2.94. The molecule has 3 heterocycles. The zero-order chi connectivity index (χ0) is 18.1. The van der Waals surface area contributed by atoms with E-state index < -0.39 is 17.2 Å². The number of hydrogen-bond donors (Lipinski definition) is 2. The van der Waals surface area contributed by atoms with Crippen LogP contribution in [0.25, 0.3) is 0 Å². The summed E-state index contributed by atoms with van der Waals surface area (Å²) in [6.07, 6.45) is 4.78. The van der Waals surface area contributed by atoms with Gasteiger partial charge in [0.2, 0.25) is 5.88 Å². The van der Waals surface area contributed by atoms with Gasteiger partial charge in [-0.1, -0.05) is 11.2 Å². The number of aromatic nitrogens is 3. The Morgan fingerprint density at radius 2 is 2.19 bits per heavy atom.